The number of hydrogen-bond donors (Lipinski definition) is 0. The monoisotopic (exact) mass is 441 g/mol. The van der Waals surface area contributed by atoms with Crippen LogP contribution in [0.3, 0.4) is 0 Å². The van der Waals surface area contributed by atoms with Gasteiger partial charge in [0, 0.05) is 0 Å². The molecule has 0 amide bonds. The first-order valence-corrected chi connectivity index (χ1v) is 11.3. The second-order valence-corrected chi connectivity index (χ2v) is 8.82. The van der Waals surface area contributed by atoms with E-state index in [-0.39, 0.29) is 15.0 Å². The fraction of sp³-hybridized carbons (Fsp3) is 0.261. The summed E-state index contributed by atoms with van der Waals surface area (Å²) < 4.78 is 16.0. The Bertz CT molecular complexity index is 1060. The van der Waals surface area contributed by atoms with Gasteiger partial charge in [-0.2, -0.15) is 0 Å². The Balaban J connectivity index is 1.79. The van der Waals surface area contributed by atoms with E-state index in [2.05, 4.69) is 71.9 Å². The molecule has 0 spiro atoms. The zero-order chi connectivity index (χ0) is 19.7. The van der Waals surface area contributed by atoms with E-state index in [4.69, 9.17) is 9.47 Å². The molecule has 0 atom stereocenters. The van der Waals surface area contributed by atoms with Crippen LogP contribution < -0.4 is 23.4 Å². The number of pyridine rings is 1. The molecular weight excluding hydrogens is 415 g/mol. The van der Waals surface area contributed by atoms with Gasteiger partial charge in [0.2, 0.25) is 0 Å². The van der Waals surface area contributed by atoms with Crippen LogP contribution in [-0.2, 0) is 6.54 Å². The Labute approximate surface area is 172 Å². The number of fused-ring (bicyclic) bond motifs is 2. The van der Waals surface area contributed by atoms with Crippen molar-refractivity contribution in [3.05, 3.63) is 58.8 Å². The third kappa shape index (κ3) is 3.25. The number of nitrogens with zero attached hydrogens (tertiary/aromatic N) is 2. The second kappa shape index (κ2) is 7.86. The standard InChI is InChI=1S/C23H25N2O2Se/c1-5-24-17(8-7-16-13-18(26-3)9-11-20(16)24)14-23-25(6-2)21-15-19(27-4)10-12-22(21)28-23/h7-15H,5-6H2,1-4H3/q+1. The van der Waals surface area contributed by atoms with Crippen LogP contribution in [0.1, 0.15) is 19.5 Å². The summed E-state index contributed by atoms with van der Waals surface area (Å²) in [6.07, 6.45) is 2.35. The van der Waals surface area contributed by atoms with Gasteiger partial charge in [0.1, 0.15) is 0 Å². The third-order valence-corrected chi connectivity index (χ3v) is 7.45. The van der Waals surface area contributed by atoms with Crippen molar-refractivity contribution in [2.24, 2.45) is 0 Å². The van der Waals surface area contributed by atoms with E-state index < -0.39 is 0 Å². The van der Waals surface area contributed by atoms with Crippen molar-refractivity contribution in [3.8, 4) is 11.5 Å². The summed E-state index contributed by atoms with van der Waals surface area (Å²) in [5.41, 5.74) is 3.74. The van der Waals surface area contributed by atoms with Crippen LogP contribution in [0.4, 0.5) is 5.69 Å². The van der Waals surface area contributed by atoms with Crippen LogP contribution in [0, 0.1) is 0 Å². The molecule has 0 saturated carbocycles. The maximum atomic E-state index is 5.44. The molecule has 0 radical (unpaired) electrons. The van der Waals surface area contributed by atoms with E-state index in [1.54, 1.807) is 14.2 Å². The predicted octanol–water partition coefficient (Wildman–Crippen LogP) is 3.33. The van der Waals surface area contributed by atoms with E-state index in [1.807, 2.05) is 6.07 Å². The average molecular weight is 440 g/mol. The Morgan fingerprint density at radius 2 is 1.71 bits per heavy atom. The molecule has 5 heteroatoms. The first-order valence-electron chi connectivity index (χ1n) is 9.54. The van der Waals surface area contributed by atoms with E-state index in [1.165, 1.54) is 31.3 Å². The number of methoxy groups -OCH3 is 2. The number of ether oxygens (including phenoxy) is 2. The number of aryl methyl sites for hydroxylation is 1. The van der Waals surface area contributed by atoms with Crippen molar-refractivity contribution >= 4 is 42.1 Å². The van der Waals surface area contributed by atoms with Gasteiger partial charge < -0.3 is 0 Å². The molecule has 4 nitrogen and oxygen atoms in total. The van der Waals surface area contributed by atoms with Gasteiger partial charge in [-0.1, -0.05) is 0 Å². The van der Waals surface area contributed by atoms with Crippen molar-refractivity contribution in [3.63, 3.8) is 0 Å². The van der Waals surface area contributed by atoms with Gasteiger partial charge >= 0.3 is 173 Å². The molecule has 0 bridgehead atoms. The predicted molar refractivity (Wildman–Crippen MR) is 116 cm³/mol. The van der Waals surface area contributed by atoms with E-state index in [0.717, 1.165) is 24.6 Å². The topological polar surface area (TPSA) is 25.6 Å². The number of benzene rings is 2. The van der Waals surface area contributed by atoms with Crippen LogP contribution in [0.25, 0.3) is 17.0 Å². The summed E-state index contributed by atoms with van der Waals surface area (Å²) >= 11 is 0.290. The van der Waals surface area contributed by atoms with Crippen LogP contribution >= 0.6 is 0 Å². The molecule has 0 saturated heterocycles. The molecule has 1 aromatic heterocycles. The molecule has 0 N–H and O–H groups in total. The molecule has 0 aliphatic carbocycles. The van der Waals surface area contributed by atoms with Crippen molar-refractivity contribution in [2.75, 3.05) is 25.7 Å². The Hall–Kier alpha value is -2.49. The molecule has 1 aliphatic heterocycles. The van der Waals surface area contributed by atoms with E-state index in [0.29, 0.717) is 0 Å². The van der Waals surface area contributed by atoms with Gasteiger partial charge in [-0.15, -0.1) is 0 Å². The van der Waals surface area contributed by atoms with Gasteiger partial charge in [-0.05, 0) is 0 Å². The molecule has 144 valence electrons. The summed E-state index contributed by atoms with van der Waals surface area (Å²) in [6, 6.07) is 17.1. The molecule has 2 heterocycles. The number of rotatable bonds is 5. The van der Waals surface area contributed by atoms with Gasteiger partial charge in [-0.3, -0.25) is 0 Å². The summed E-state index contributed by atoms with van der Waals surface area (Å²) in [4.78, 5) is 2.41. The Morgan fingerprint density at radius 1 is 0.964 bits per heavy atom. The minimum atomic E-state index is 0.290. The first-order chi connectivity index (χ1) is 13.7. The van der Waals surface area contributed by atoms with Gasteiger partial charge in [-0.25, -0.2) is 0 Å². The second-order valence-electron chi connectivity index (χ2n) is 6.59. The molecule has 1 aliphatic rings. The van der Waals surface area contributed by atoms with Gasteiger partial charge in [0.15, 0.2) is 0 Å². The number of hydrogen-bond acceptors (Lipinski definition) is 3. The summed E-state index contributed by atoms with van der Waals surface area (Å²) in [5, 5.41) is 1.20. The van der Waals surface area contributed by atoms with Crippen LogP contribution in [-0.4, -0.2) is 35.7 Å². The molecule has 28 heavy (non-hydrogen) atoms. The normalized spacial score (nSPS) is 14.6. The Morgan fingerprint density at radius 3 is 2.43 bits per heavy atom. The van der Waals surface area contributed by atoms with Crippen molar-refractivity contribution < 1.29 is 14.0 Å². The maximum absolute atomic E-state index is 5.44. The van der Waals surface area contributed by atoms with Crippen LogP contribution in [0.15, 0.2) is 53.1 Å². The van der Waals surface area contributed by atoms with Crippen molar-refractivity contribution in [1.29, 1.82) is 0 Å². The molecule has 0 fully saturated rings. The molecule has 2 aromatic carbocycles. The molecular formula is C23H25N2O2Se+. The number of anilines is 1. The zero-order valence-electron chi connectivity index (χ0n) is 16.7. The Kier molecular flexibility index (Phi) is 5.29. The van der Waals surface area contributed by atoms with E-state index >= 15 is 0 Å². The van der Waals surface area contributed by atoms with Crippen molar-refractivity contribution in [2.45, 2.75) is 20.4 Å². The summed E-state index contributed by atoms with van der Waals surface area (Å²) in [6.45, 7) is 6.27. The number of aromatic nitrogens is 1. The van der Waals surface area contributed by atoms with Gasteiger partial charge in [0.05, 0.1) is 0 Å². The average Bonchev–Trinajstić information content (AvgIpc) is 3.09. The summed E-state index contributed by atoms with van der Waals surface area (Å²) in [7, 11) is 3.44. The molecule has 4 rings (SSSR count). The fourth-order valence-corrected chi connectivity index (χ4v) is 6.11. The fourth-order valence-electron chi connectivity index (χ4n) is 3.69. The quantitative estimate of drug-likeness (QED) is 0.450. The zero-order valence-corrected chi connectivity index (χ0v) is 18.4. The third-order valence-electron chi connectivity index (χ3n) is 5.11. The SMILES string of the molecule is CCN1/C(=C\c2ccc3cc(OC)ccc3[n+]2CC)[Se]c2ccc(OC)cc21. The molecule has 0 unspecified atom stereocenters. The van der Waals surface area contributed by atoms with Crippen LogP contribution in [0.2, 0.25) is 0 Å². The molecule has 3 aromatic rings. The van der Waals surface area contributed by atoms with Crippen molar-refractivity contribution in [1.82, 2.24) is 0 Å². The van der Waals surface area contributed by atoms with E-state index in [9.17, 15) is 0 Å². The summed E-state index contributed by atoms with van der Waals surface area (Å²) in [5.74, 6) is 1.81. The van der Waals surface area contributed by atoms with Gasteiger partial charge in [0.25, 0.3) is 0 Å². The van der Waals surface area contributed by atoms with Crippen LogP contribution in [0.5, 0.6) is 11.5 Å². The minimum absolute atomic E-state index is 0.290. The first kappa shape index (κ1) is 18.9.